The molecule has 29 heavy (non-hydrogen) atoms. The summed E-state index contributed by atoms with van der Waals surface area (Å²) in [4.78, 5) is 21.9. The van der Waals surface area contributed by atoms with Crippen LogP contribution in [0.2, 0.25) is 0 Å². The molecule has 1 unspecified atom stereocenters. The lowest BCUT2D eigenvalue weighted by Crippen LogP contribution is -2.19. The molecule has 2 aromatic heterocycles. The van der Waals surface area contributed by atoms with E-state index in [2.05, 4.69) is 41.6 Å². The molecule has 0 radical (unpaired) electrons. The zero-order chi connectivity index (χ0) is 20.5. The molecule has 1 aromatic carbocycles. The molecule has 0 spiro atoms. The lowest BCUT2D eigenvalue weighted by molar-refractivity contribution is -0.116. The third-order valence-corrected chi connectivity index (χ3v) is 5.15. The lowest BCUT2D eigenvalue weighted by atomic mass is 9.95. The van der Waals surface area contributed by atoms with Crippen LogP contribution in [-0.2, 0) is 16.1 Å². The number of ether oxygens (including phenoxy) is 1. The summed E-state index contributed by atoms with van der Waals surface area (Å²) >= 11 is 3.48. The van der Waals surface area contributed by atoms with Gasteiger partial charge in [0.25, 0.3) is 0 Å². The lowest BCUT2D eigenvalue weighted by Gasteiger charge is -2.12. The predicted molar refractivity (Wildman–Crippen MR) is 112 cm³/mol. The highest BCUT2D eigenvalue weighted by molar-refractivity contribution is 9.10. The molecule has 1 aliphatic heterocycles. The number of carbonyl (C=O) groups excluding carboxylic acids is 1. The van der Waals surface area contributed by atoms with Gasteiger partial charge < -0.3 is 20.5 Å². The van der Waals surface area contributed by atoms with E-state index in [-0.39, 0.29) is 12.5 Å². The van der Waals surface area contributed by atoms with Gasteiger partial charge in [0.2, 0.25) is 11.9 Å². The van der Waals surface area contributed by atoms with Gasteiger partial charge in [-0.2, -0.15) is 10.1 Å². The molecule has 3 heterocycles. The number of hydrogen-bond acceptors (Lipinski definition) is 7. The number of aromatic nitrogens is 4. The van der Waals surface area contributed by atoms with Crippen LogP contribution in [0.25, 0.3) is 11.0 Å². The summed E-state index contributed by atoms with van der Waals surface area (Å²) in [7, 11) is 1.63. The molecule has 1 amide bonds. The predicted octanol–water partition coefficient (Wildman–Crippen LogP) is 2.11. The molecule has 9 nitrogen and oxygen atoms in total. The Bertz CT molecular complexity index is 1070. The largest absolute Gasteiger partial charge is 0.392 e. The molecular formula is C19H21BrN6O3. The first-order valence-corrected chi connectivity index (χ1v) is 10.0. The fourth-order valence-corrected chi connectivity index (χ4v) is 3.69. The molecule has 0 saturated heterocycles. The van der Waals surface area contributed by atoms with Gasteiger partial charge in [0.05, 0.1) is 30.3 Å². The minimum Gasteiger partial charge on any atom is -0.392 e. The average molecular weight is 461 g/mol. The fourth-order valence-electron chi connectivity index (χ4n) is 3.32. The van der Waals surface area contributed by atoms with Crippen LogP contribution in [0.5, 0.6) is 0 Å². The van der Waals surface area contributed by atoms with Crippen LogP contribution in [-0.4, -0.2) is 57.1 Å². The van der Waals surface area contributed by atoms with E-state index in [0.29, 0.717) is 35.8 Å². The van der Waals surface area contributed by atoms with Gasteiger partial charge in [-0.3, -0.25) is 9.48 Å². The van der Waals surface area contributed by atoms with Crippen molar-refractivity contribution in [3.63, 3.8) is 0 Å². The molecule has 2 atom stereocenters. The number of anilines is 2. The normalized spacial score (nSPS) is 16.7. The maximum atomic E-state index is 12.8. The van der Waals surface area contributed by atoms with Crippen LogP contribution in [0.15, 0.2) is 28.9 Å². The van der Waals surface area contributed by atoms with Crippen molar-refractivity contribution in [1.82, 2.24) is 19.7 Å². The Morgan fingerprint density at radius 2 is 2.24 bits per heavy atom. The summed E-state index contributed by atoms with van der Waals surface area (Å²) in [6, 6.07) is 5.67. The van der Waals surface area contributed by atoms with E-state index >= 15 is 0 Å². The van der Waals surface area contributed by atoms with Gasteiger partial charge in [0.15, 0.2) is 5.65 Å². The van der Waals surface area contributed by atoms with Crippen molar-refractivity contribution >= 4 is 44.5 Å². The van der Waals surface area contributed by atoms with Gasteiger partial charge in [0, 0.05) is 30.0 Å². The van der Waals surface area contributed by atoms with Crippen LogP contribution >= 0.6 is 15.9 Å². The molecule has 3 N–H and O–H groups in total. The number of aliphatic hydroxyl groups is 1. The Morgan fingerprint density at radius 1 is 1.41 bits per heavy atom. The quantitative estimate of drug-likeness (QED) is 0.494. The second kappa shape index (κ2) is 8.05. The van der Waals surface area contributed by atoms with E-state index in [1.165, 1.54) is 0 Å². The number of halogens is 1. The topological polar surface area (TPSA) is 114 Å². The van der Waals surface area contributed by atoms with Gasteiger partial charge in [-0.15, -0.1) is 0 Å². The molecule has 1 aliphatic rings. The van der Waals surface area contributed by atoms with Crippen LogP contribution < -0.4 is 10.6 Å². The summed E-state index contributed by atoms with van der Waals surface area (Å²) in [6.45, 7) is 3.02. The minimum absolute atomic E-state index is 0.149. The first-order chi connectivity index (χ1) is 14.0. The van der Waals surface area contributed by atoms with E-state index in [9.17, 15) is 9.90 Å². The first-order valence-electron chi connectivity index (χ1n) is 9.22. The number of nitrogens with zero attached hydrogens (tertiary/aromatic N) is 4. The van der Waals surface area contributed by atoms with Crippen molar-refractivity contribution in [2.45, 2.75) is 25.5 Å². The number of nitrogens with one attached hydrogen (secondary N) is 2. The molecule has 0 bridgehead atoms. The van der Waals surface area contributed by atoms with Crippen molar-refractivity contribution in [2.24, 2.45) is 0 Å². The number of rotatable bonds is 7. The van der Waals surface area contributed by atoms with E-state index < -0.39 is 12.0 Å². The summed E-state index contributed by atoms with van der Waals surface area (Å²) in [5, 5.41) is 20.7. The molecule has 10 heteroatoms. The number of aliphatic hydroxyl groups excluding tert-OH is 1. The highest BCUT2D eigenvalue weighted by Gasteiger charge is 2.35. The Hall–Kier alpha value is -2.56. The highest BCUT2D eigenvalue weighted by Crippen LogP contribution is 2.40. The second-order valence-corrected chi connectivity index (χ2v) is 7.85. The maximum Gasteiger partial charge on any atom is 0.238 e. The number of amides is 1. The molecular weight excluding hydrogens is 440 g/mol. The monoisotopic (exact) mass is 460 g/mol. The van der Waals surface area contributed by atoms with Crippen molar-refractivity contribution in [1.29, 1.82) is 0 Å². The summed E-state index contributed by atoms with van der Waals surface area (Å²) in [6.07, 6.45) is 1.27. The molecule has 0 saturated carbocycles. The van der Waals surface area contributed by atoms with Crippen LogP contribution in [0, 0.1) is 0 Å². The fraction of sp³-hybridized carbons (Fsp3) is 0.368. The summed E-state index contributed by atoms with van der Waals surface area (Å²) in [5.74, 6) is -0.411. The van der Waals surface area contributed by atoms with E-state index in [0.717, 1.165) is 15.7 Å². The molecule has 0 aliphatic carbocycles. The third-order valence-electron chi connectivity index (χ3n) is 4.65. The van der Waals surface area contributed by atoms with Crippen molar-refractivity contribution in [2.75, 3.05) is 30.9 Å². The SMILES string of the molecule is COCCn1cc2c(C3C(=O)Nc4ccc(Br)cc43)nc(NC[C@@H](C)O)nc2n1. The Labute approximate surface area is 175 Å². The Morgan fingerprint density at radius 3 is 3.00 bits per heavy atom. The molecule has 0 fully saturated rings. The Balaban J connectivity index is 1.84. The zero-order valence-corrected chi connectivity index (χ0v) is 17.6. The van der Waals surface area contributed by atoms with Crippen LogP contribution in [0.1, 0.15) is 24.1 Å². The molecule has 3 aromatic rings. The van der Waals surface area contributed by atoms with Crippen LogP contribution in [0.4, 0.5) is 11.6 Å². The van der Waals surface area contributed by atoms with Gasteiger partial charge in [-0.05, 0) is 30.7 Å². The zero-order valence-electron chi connectivity index (χ0n) is 16.0. The smallest absolute Gasteiger partial charge is 0.238 e. The number of benzene rings is 1. The van der Waals surface area contributed by atoms with E-state index in [1.807, 2.05) is 24.4 Å². The Kier molecular flexibility index (Phi) is 5.48. The number of hydrogen-bond donors (Lipinski definition) is 3. The number of carbonyl (C=O) groups is 1. The minimum atomic E-state index is -0.583. The standard InChI is InChI=1S/C19H21BrN6O3/c1-10(27)8-21-19-23-16(13-9-26(5-6-29-2)25-17(13)24-19)15-12-7-11(20)3-4-14(12)22-18(15)28/h3-4,7,9-10,15,27H,5-6,8H2,1-2H3,(H,22,28)(H,21,24,25)/t10-,15?/m1/s1. The number of fused-ring (bicyclic) bond motifs is 2. The first kappa shape index (κ1) is 19.7. The second-order valence-electron chi connectivity index (χ2n) is 6.94. The molecule has 4 rings (SSSR count). The van der Waals surface area contributed by atoms with Crippen molar-refractivity contribution in [3.05, 3.63) is 40.1 Å². The maximum absolute atomic E-state index is 12.8. The summed E-state index contributed by atoms with van der Waals surface area (Å²) < 4.78 is 7.75. The van der Waals surface area contributed by atoms with Crippen molar-refractivity contribution in [3.8, 4) is 0 Å². The van der Waals surface area contributed by atoms with E-state index in [1.54, 1.807) is 18.7 Å². The third kappa shape index (κ3) is 3.96. The van der Waals surface area contributed by atoms with Gasteiger partial charge in [-0.25, -0.2) is 4.98 Å². The molecule has 152 valence electrons. The summed E-state index contributed by atoms with van der Waals surface area (Å²) in [5.41, 5.74) is 2.66. The van der Waals surface area contributed by atoms with Gasteiger partial charge in [0.1, 0.15) is 5.92 Å². The van der Waals surface area contributed by atoms with Gasteiger partial charge >= 0.3 is 0 Å². The number of methoxy groups -OCH3 is 1. The highest BCUT2D eigenvalue weighted by atomic mass is 79.9. The van der Waals surface area contributed by atoms with Crippen LogP contribution in [0.3, 0.4) is 0 Å². The van der Waals surface area contributed by atoms with E-state index in [4.69, 9.17) is 4.74 Å². The average Bonchev–Trinajstić information content (AvgIpc) is 3.23. The van der Waals surface area contributed by atoms with Crippen molar-refractivity contribution < 1.29 is 14.6 Å². The van der Waals surface area contributed by atoms with Gasteiger partial charge in [-0.1, -0.05) is 15.9 Å².